The average Bonchev–Trinajstić information content (AvgIpc) is 3.06. The van der Waals surface area contributed by atoms with Crippen LogP contribution in [-0.4, -0.2) is 23.7 Å². The summed E-state index contributed by atoms with van der Waals surface area (Å²) in [4.78, 5) is 2.51. The maximum absolute atomic E-state index is 5.35. The normalized spacial score (nSPS) is 18.8. The number of aromatic nitrogens is 1. The van der Waals surface area contributed by atoms with Gasteiger partial charge in [0.25, 0.3) is 0 Å². The SMILES string of the molecule is COc1ccc(CN2CCC[C@@H]2c2c(C)noc2C)cc1Br. The molecule has 1 atom stereocenters. The summed E-state index contributed by atoms with van der Waals surface area (Å²) < 4.78 is 11.7. The molecule has 0 bridgehead atoms. The van der Waals surface area contributed by atoms with E-state index in [2.05, 4.69) is 38.1 Å². The van der Waals surface area contributed by atoms with Crippen molar-refractivity contribution in [3.63, 3.8) is 0 Å². The molecule has 0 radical (unpaired) electrons. The van der Waals surface area contributed by atoms with Crippen LogP contribution in [0, 0.1) is 13.8 Å². The molecule has 1 saturated heterocycles. The highest BCUT2D eigenvalue weighted by Crippen LogP contribution is 2.37. The summed E-state index contributed by atoms with van der Waals surface area (Å²) in [5.41, 5.74) is 3.57. The highest BCUT2D eigenvalue weighted by atomic mass is 79.9. The molecule has 1 fully saturated rings. The third-order valence-electron chi connectivity index (χ3n) is 4.39. The van der Waals surface area contributed by atoms with Gasteiger partial charge in [-0.05, 0) is 66.9 Å². The number of hydrogen-bond donors (Lipinski definition) is 0. The van der Waals surface area contributed by atoms with Gasteiger partial charge in [-0.15, -0.1) is 0 Å². The number of hydrogen-bond acceptors (Lipinski definition) is 4. The van der Waals surface area contributed by atoms with Gasteiger partial charge in [-0.25, -0.2) is 0 Å². The number of likely N-dealkylation sites (tertiary alicyclic amines) is 1. The van der Waals surface area contributed by atoms with Gasteiger partial charge in [0.15, 0.2) is 0 Å². The first kappa shape index (κ1) is 15.6. The largest absolute Gasteiger partial charge is 0.496 e. The highest BCUT2D eigenvalue weighted by Gasteiger charge is 2.30. The molecule has 1 aromatic carbocycles. The third kappa shape index (κ3) is 2.92. The van der Waals surface area contributed by atoms with Gasteiger partial charge in [0, 0.05) is 18.2 Å². The summed E-state index contributed by atoms with van der Waals surface area (Å²) >= 11 is 3.57. The van der Waals surface area contributed by atoms with Gasteiger partial charge in [0.1, 0.15) is 11.5 Å². The summed E-state index contributed by atoms with van der Waals surface area (Å²) in [5.74, 6) is 1.82. The van der Waals surface area contributed by atoms with E-state index in [4.69, 9.17) is 9.26 Å². The third-order valence-corrected chi connectivity index (χ3v) is 5.01. The lowest BCUT2D eigenvalue weighted by molar-refractivity contribution is 0.245. The first-order valence-electron chi connectivity index (χ1n) is 7.59. The lowest BCUT2D eigenvalue weighted by Gasteiger charge is -2.24. The zero-order chi connectivity index (χ0) is 15.7. The second-order valence-corrected chi connectivity index (χ2v) is 6.69. The van der Waals surface area contributed by atoms with Crippen LogP contribution in [0.4, 0.5) is 0 Å². The second kappa shape index (κ2) is 6.42. The fourth-order valence-electron chi connectivity index (χ4n) is 3.35. The van der Waals surface area contributed by atoms with Crippen LogP contribution in [0.25, 0.3) is 0 Å². The Balaban J connectivity index is 1.81. The minimum atomic E-state index is 0.409. The van der Waals surface area contributed by atoms with Crippen molar-refractivity contribution in [1.29, 1.82) is 0 Å². The van der Waals surface area contributed by atoms with Gasteiger partial charge in [-0.3, -0.25) is 4.90 Å². The van der Waals surface area contributed by atoms with Crippen LogP contribution in [0.2, 0.25) is 0 Å². The van der Waals surface area contributed by atoms with Crippen LogP contribution in [0.3, 0.4) is 0 Å². The minimum absolute atomic E-state index is 0.409. The van der Waals surface area contributed by atoms with Crippen LogP contribution in [0.15, 0.2) is 27.2 Å². The molecule has 2 heterocycles. The van der Waals surface area contributed by atoms with E-state index in [1.807, 2.05) is 19.9 Å². The Hall–Kier alpha value is -1.33. The molecule has 2 aromatic rings. The Bertz CT molecular complexity index is 649. The van der Waals surface area contributed by atoms with Crippen molar-refractivity contribution in [3.8, 4) is 5.75 Å². The van der Waals surface area contributed by atoms with Gasteiger partial charge < -0.3 is 9.26 Å². The van der Waals surface area contributed by atoms with Gasteiger partial charge in [0.05, 0.1) is 17.3 Å². The molecule has 3 rings (SSSR count). The maximum atomic E-state index is 5.35. The van der Waals surface area contributed by atoms with E-state index in [1.54, 1.807) is 7.11 Å². The predicted molar refractivity (Wildman–Crippen MR) is 89.1 cm³/mol. The Labute approximate surface area is 139 Å². The molecule has 1 aromatic heterocycles. The first-order chi connectivity index (χ1) is 10.6. The summed E-state index contributed by atoms with van der Waals surface area (Å²) in [6.07, 6.45) is 2.38. The molecule has 0 aliphatic carbocycles. The zero-order valence-corrected chi connectivity index (χ0v) is 14.8. The predicted octanol–water partition coefficient (Wildman–Crippen LogP) is 4.40. The Morgan fingerprint density at radius 1 is 1.41 bits per heavy atom. The smallest absolute Gasteiger partial charge is 0.138 e. The number of rotatable bonds is 4. The number of aryl methyl sites for hydroxylation is 2. The molecule has 0 N–H and O–H groups in total. The van der Waals surface area contributed by atoms with E-state index in [-0.39, 0.29) is 0 Å². The van der Waals surface area contributed by atoms with E-state index < -0.39 is 0 Å². The van der Waals surface area contributed by atoms with Crippen molar-refractivity contribution in [2.24, 2.45) is 0 Å². The number of benzene rings is 1. The summed E-state index contributed by atoms with van der Waals surface area (Å²) in [7, 11) is 1.69. The molecule has 0 spiro atoms. The number of halogens is 1. The Kier molecular flexibility index (Phi) is 4.54. The Morgan fingerprint density at radius 3 is 2.86 bits per heavy atom. The quantitative estimate of drug-likeness (QED) is 0.805. The first-order valence-corrected chi connectivity index (χ1v) is 8.38. The van der Waals surface area contributed by atoms with Crippen LogP contribution in [0.5, 0.6) is 5.75 Å². The second-order valence-electron chi connectivity index (χ2n) is 5.84. The zero-order valence-electron chi connectivity index (χ0n) is 13.2. The highest BCUT2D eigenvalue weighted by molar-refractivity contribution is 9.10. The van der Waals surface area contributed by atoms with Crippen LogP contribution >= 0.6 is 15.9 Å². The molecule has 22 heavy (non-hydrogen) atoms. The molecular weight excluding hydrogens is 344 g/mol. The molecule has 5 heteroatoms. The van der Waals surface area contributed by atoms with Crippen LogP contribution in [-0.2, 0) is 6.54 Å². The lowest BCUT2D eigenvalue weighted by atomic mass is 10.0. The summed E-state index contributed by atoms with van der Waals surface area (Å²) in [6, 6.07) is 6.70. The van der Waals surface area contributed by atoms with Crippen LogP contribution in [0.1, 0.15) is 41.5 Å². The van der Waals surface area contributed by atoms with Crippen molar-refractivity contribution < 1.29 is 9.26 Å². The van der Waals surface area contributed by atoms with Crippen molar-refractivity contribution >= 4 is 15.9 Å². The van der Waals surface area contributed by atoms with Gasteiger partial charge in [-0.1, -0.05) is 11.2 Å². The molecule has 118 valence electrons. The molecule has 0 saturated carbocycles. The van der Waals surface area contributed by atoms with E-state index >= 15 is 0 Å². The maximum Gasteiger partial charge on any atom is 0.138 e. The number of ether oxygens (including phenoxy) is 1. The number of methoxy groups -OCH3 is 1. The standard InChI is InChI=1S/C17H21BrN2O2/c1-11-17(12(2)22-19-11)15-5-4-8-20(15)10-13-6-7-16(21-3)14(18)9-13/h6-7,9,15H,4-5,8,10H2,1-3H3/t15-/m1/s1. The summed E-state index contributed by atoms with van der Waals surface area (Å²) in [5, 5.41) is 4.11. The van der Waals surface area contributed by atoms with E-state index in [9.17, 15) is 0 Å². The topological polar surface area (TPSA) is 38.5 Å². The molecular formula is C17H21BrN2O2. The molecule has 1 aliphatic rings. The molecule has 4 nitrogen and oxygen atoms in total. The van der Waals surface area contributed by atoms with Crippen molar-refractivity contribution in [2.75, 3.05) is 13.7 Å². The van der Waals surface area contributed by atoms with Gasteiger partial charge >= 0.3 is 0 Å². The van der Waals surface area contributed by atoms with Crippen LogP contribution < -0.4 is 4.74 Å². The van der Waals surface area contributed by atoms with Gasteiger partial charge in [0.2, 0.25) is 0 Å². The number of nitrogens with zero attached hydrogens (tertiary/aromatic N) is 2. The van der Waals surface area contributed by atoms with E-state index in [0.717, 1.165) is 34.8 Å². The molecule has 0 amide bonds. The monoisotopic (exact) mass is 364 g/mol. The fourth-order valence-corrected chi connectivity index (χ4v) is 3.94. The fraction of sp³-hybridized carbons (Fsp3) is 0.471. The lowest BCUT2D eigenvalue weighted by Crippen LogP contribution is -2.23. The average molecular weight is 365 g/mol. The van der Waals surface area contributed by atoms with E-state index in [0.29, 0.717) is 6.04 Å². The molecule has 1 aliphatic heterocycles. The van der Waals surface area contributed by atoms with Crippen molar-refractivity contribution in [1.82, 2.24) is 10.1 Å². The van der Waals surface area contributed by atoms with E-state index in [1.165, 1.54) is 24.0 Å². The van der Waals surface area contributed by atoms with Gasteiger partial charge in [-0.2, -0.15) is 0 Å². The van der Waals surface area contributed by atoms with Crippen molar-refractivity contribution in [3.05, 3.63) is 45.3 Å². The minimum Gasteiger partial charge on any atom is -0.496 e. The Morgan fingerprint density at radius 2 is 2.23 bits per heavy atom. The summed E-state index contributed by atoms with van der Waals surface area (Å²) in [6.45, 7) is 6.08. The molecule has 0 unspecified atom stereocenters. The van der Waals surface area contributed by atoms with Crippen molar-refractivity contribution in [2.45, 2.75) is 39.3 Å².